The number of carbonyl (C=O) groups is 2. The highest BCUT2D eigenvalue weighted by Gasteiger charge is 2.36. The van der Waals surface area contributed by atoms with Gasteiger partial charge in [-0.25, -0.2) is 0 Å². The second kappa shape index (κ2) is 7.82. The van der Waals surface area contributed by atoms with E-state index in [4.69, 9.17) is 0 Å². The lowest BCUT2D eigenvalue weighted by Crippen LogP contribution is -2.64. The van der Waals surface area contributed by atoms with Crippen LogP contribution in [0.25, 0.3) is 21.9 Å². The number of hydrogen-bond acceptors (Lipinski definition) is 3. The van der Waals surface area contributed by atoms with Gasteiger partial charge in [0.05, 0.1) is 0 Å². The Morgan fingerprint density at radius 3 is 2.58 bits per heavy atom. The number of hydrogen-bond donors (Lipinski definition) is 1. The van der Waals surface area contributed by atoms with Crippen LogP contribution >= 0.6 is 0 Å². The predicted molar refractivity (Wildman–Crippen MR) is 123 cm³/mol. The van der Waals surface area contributed by atoms with Crippen LogP contribution in [0.1, 0.15) is 21.5 Å². The Hall–Kier alpha value is -3.18. The summed E-state index contributed by atoms with van der Waals surface area (Å²) in [5.74, 6) is 0.0280. The maximum absolute atomic E-state index is 13.5. The van der Waals surface area contributed by atoms with Gasteiger partial charge in [0.15, 0.2) is 0 Å². The first-order chi connectivity index (χ1) is 15.0. The zero-order chi connectivity index (χ0) is 21.5. The molecule has 31 heavy (non-hydrogen) atoms. The molecular weight excluding hydrogens is 386 g/mol. The Morgan fingerprint density at radius 1 is 0.935 bits per heavy atom. The van der Waals surface area contributed by atoms with Crippen molar-refractivity contribution in [3.05, 3.63) is 71.3 Å². The number of piperazine rings is 2. The molecule has 1 unspecified atom stereocenters. The third-order valence-electron chi connectivity index (χ3n) is 6.60. The Balaban J connectivity index is 1.52. The predicted octanol–water partition coefficient (Wildman–Crippen LogP) is 3.38. The van der Waals surface area contributed by atoms with Crippen LogP contribution in [0, 0.1) is 13.8 Å². The van der Waals surface area contributed by atoms with E-state index in [9.17, 15) is 9.59 Å². The number of amides is 2. The lowest BCUT2D eigenvalue weighted by Gasteiger charge is -2.43. The van der Waals surface area contributed by atoms with Crippen LogP contribution in [0.5, 0.6) is 0 Å². The van der Waals surface area contributed by atoms with Crippen LogP contribution in [0.4, 0.5) is 0 Å². The summed E-state index contributed by atoms with van der Waals surface area (Å²) in [5, 5.41) is 4.96. The molecule has 0 saturated carbocycles. The number of benzene rings is 3. The summed E-state index contributed by atoms with van der Waals surface area (Å²) in [6, 6.07) is 18.4. The zero-order valence-electron chi connectivity index (χ0n) is 18.0. The van der Waals surface area contributed by atoms with Gasteiger partial charge in [0.2, 0.25) is 5.91 Å². The van der Waals surface area contributed by atoms with Gasteiger partial charge in [0, 0.05) is 38.3 Å². The van der Waals surface area contributed by atoms with Gasteiger partial charge in [0.25, 0.3) is 5.91 Å². The summed E-state index contributed by atoms with van der Waals surface area (Å²) in [4.78, 5) is 29.9. The standard InChI is InChI=1S/C26H27N3O2/c1-17-9-10-19(18(2)15-17)20-5-3-7-22-21(20)6-4-8-23(22)26(31)29-14-13-28-12-11-27-25(30)24(28)16-29/h3-10,15,24H,11-14,16H2,1-2H3,(H,27,30). The first kappa shape index (κ1) is 19.8. The van der Waals surface area contributed by atoms with E-state index in [2.05, 4.69) is 54.4 Å². The van der Waals surface area contributed by atoms with Crippen molar-refractivity contribution < 1.29 is 9.59 Å². The second-order valence-corrected chi connectivity index (χ2v) is 8.62. The summed E-state index contributed by atoms with van der Waals surface area (Å²) < 4.78 is 0. The molecule has 5 nitrogen and oxygen atoms in total. The van der Waals surface area contributed by atoms with Crippen molar-refractivity contribution in [2.45, 2.75) is 19.9 Å². The molecule has 0 spiro atoms. The molecule has 5 heteroatoms. The molecule has 2 fully saturated rings. The minimum Gasteiger partial charge on any atom is -0.353 e. The van der Waals surface area contributed by atoms with E-state index in [1.54, 1.807) is 0 Å². The third-order valence-corrected chi connectivity index (χ3v) is 6.60. The van der Waals surface area contributed by atoms with Gasteiger partial charge >= 0.3 is 0 Å². The maximum Gasteiger partial charge on any atom is 0.254 e. The molecule has 2 heterocycles. The molecule has 0 aliphatic carbocycles. The Kier molecular flexibility index (Phi) is 4.98. The zero-order valence-corrected chi connectivity index (χ0v) is 18.0. The van der Waals surface area contributed by atoms with Crippen LogP contribution < -0.4 is 5.32 Å². The smallest absolute Gasteiger partial charge is 0.254 e. The van der Waals surface area contributed by atoms with Gasteiger partial charge in [-0.1, -0.05) is 54.1 Å². The van der Waals surface area contributed by atoms with E-state index < -0.39 is 0 Å². The average molecular weight is 414 g/mol. The molecule has 1 atom stereocenters. The first-order valence-corrected chi connectivity index (χ1v) is 10.9. The summed E-state index contributed by atoms with van der Waals surface area (Å²) in [5.41, 5.74) is 5.50. The molecule has 5 rings (SSSR count). The Labute approximate surface area is 182 Å². The number of rotatable bonds is 2. The molecule has 0 bridgehead atoms. The molecule has 1 N–H and O–H groups in total. The molecule has 3 aromatic carbocycles. The fourth-order valence-electron chi connectivity index (χ4n) is 4.98. The van der Waals surface area contributed by atoms with Crippen molar-refractivity contribution >= 4 is 22.6 Å². The van der Waals surface area contributed by atoms with Crippen molar-refractivity contribution in [2.24, 2.45) is 0 Å². The number of nitrogens with one attached hydrogen (secondary N) is 1. The number of fused-ring (bicyclic) bond motifs is 2. The molecule has 0 radical (unpaired) electrons. The highest BCUT2D eigenvalue weighted by Crippen LogP contribution is 2.33. The molecule has 2 amide bonds. The number of aryl methyl sites for hydroxylation is 2. The van der Waals surface area contributed by atoms with Crippen molar-refractivity contribution in [3.63, 3.8) is 0 Å². The first-order valence-electron chi connectivity index (χ1n) is 10.9. The van der Waals surface area contributed by atoms with E-state index in [0.29, 0.717) is 25.2 Å². The van der Waals surface area contributed by atoms with Gasteiger partial charge in [0.1, 0.15) is 6.04 Å². The summed E-state index contributed by atoms with van der Waals surface area (Å²) in [6.45, 7) is 7.60. The summed E-state index contributed by atoms with van der Waals surface area (Å²) >= 11 is 0. The third kappa shape index (κ3) is 3.49. The molecule has 0 aromatic heterocycles. The van der Waals surface area contributed by atoms with Gasteiger partial charge in [-0.2, -0.15) is 0 Å². The van der Waals surface area contributed by atoms with E-state index in [-0.39, 0.29) is 17.9 Å². The fourth-order valence-corrected chi connectivity index (χ4v) is 4.98. The van der Waals surface area contributed by atoms with E-state index >= 15 is 0 Å². The monoisotopic (exact) mass is 413 g/mol. The second-order valence-electron chi connectivity index (χ2n) is 8.62. The topological polar surface area (TPSA) is 52.7 Å². The van der Waals surface area contributed by atoms with E-state index in [0.717, 1.165) is 29.4 Å². The highest BCUT2D eigenvalue weighted by molar-refractivity contribution is 6.10. The Bertz CT molecular complexity index is 1190. The van der Waals surface area contributed by atoms with Gasteiger partial charge < -0.3 is 10.2 Å². The van der Waals surface area contributed by atoms with Crippen LogP contribution in [0.15, 0.2) is 54.6 Å². The largest absolute Gasteiger partial charge is 0.353 e. The van der Waals surface area contributed by atoms with Crippen LogP contribution in [-0.2, 0) is 4.79 Å². The maximum atomic E-state index is 13.5. The molecule has 2 aliphatic rings. The summed E-state index contributed by atoms with van der Waals surface area (Å²) in [7, 11) is 0. The number of carbonyl (C=O) groups excluding carboxylic acids is 2. The average Bonchev–Trinajstić information content (AvgIpc) is 2.78. The molecule has 2 saturated heterocycles. The normalized spacial score (nSPS) is 19.2. The van der Waals surface area contributed by atoms with Gasteiger partial charge in [-0.05, 0) is 47.4 Å². The lowest BCUT2D eigenvalue weighted by atomic mass is 9.92. The fraction of sp³-hybridized carbons (Fsp3) is 0.308. The highest BCUT2D eigenvalue weighted by atomic mass is 16.2. The minimum atomic E-state index is -0.243. The van der Waals surface area contributed by atoms with E-state index in [1.807, 2.05) is 29.2 Å². The van der Waals surface area contributed by atoms with Crippen molar-refractivity contribution in [3.8, 4) is 11.1 Å². The quantitative estimate of drug-likeness (QED) is 0.701. The molecule has 3 aromatic rings. The van der Waals surface area contributed by atoms with Crippen molar-refractivity contribution in [2.75, 3.05) is 32.7 Å². The van der Waals surface area contributed by atoms with Crippen molar-refractivity contribution in [1.29, 1.82) is 0 Å². The van der Waals surface area contributed by atoms with E-state index in [1.165, 1.54) is 16.7 Å². The van der Waals surface area contributed by atoms with Crippen molar-refractivity contribution in [1.82, 2.24) is 15.1 Å². The Morgan fingerprint density at radius 2 is 1.74 bits per heavy atom. The number of nitrogens with zero attached hydrogens (tertiary/aromatic N) is 2. The summed E-state index contributed by atoms with van der Waals surface area (Å²) in [6.07, 6.45) is 0. The van der Waals surface area contributed by atoms with Crippen LogP contribution in [0.3, 0.4) is 0 Å². The molecular formula is C26H27N3O2. The molecule has 158 valence electrons. The van der Waals surface area contributed by atoms with Crippen LogP contribution in [-0.4, -0.2) is 60.4 Å². The lowest BCUT2D eigenvalue weighted by molar-refractivity contribution is -0.131. The van der Waals surface area contributed by atoms with Crippen LogP contribution in [0.2, 0.25) is 0 Å². The van der Waals surface area contributed by atoms with Gasteiger partial charge in [-0.3, -0.25) is 14.5 Å². The van der Waals surface area contributed by atoms with Gasteiger partial charge in [-0.15, -0.1) is 0 Å². The SMILES string of the molecule is Cc1ccc(-c2cccc3c(C(=O)N4CCN5CCNC(=O)C5C4)cccc23)c(C)c1. The molecule has 2 aliphatic heterocycles. The minimum absolute atomic E-state index is 0.00130.